The van der Waals surface area contributed by atoms with Crippen molar-refractivity contribution in [2.45, 2.75) is 31.5 Å². The van der Waals surface area contributed by atoms with Crippen LogP contribution in [0.3, 0.4) is 0 Å². The molecule has 4 N–H and O–H groups in total. The Kier molecular flexibility index (Phi) is 10.6. The fourth-order valence-electron chi connectivity index (χ4n) is 3.39. The topological polar surface area (TPSA) is 73.4 Å². The van der Waals surface area contributed by atoms with Crippen molar-refractivity contribution in [2.75, 3.05) is 20.1 Å². The van der Waals surface area contributed by atoms with Crippen molar-refractivity contribution in [3.05, 3.63) is 49.7 Å². The quantitative estimate of drug-likeness (QED) is 0.280. The Morgan fingerprint density at radius 2 is 2.04 bits per heavy atom. The maximum absolute atomic E-state index is 12.6. The van der Waals surface area contributed by atoms with Gasteiger partial charge in [-0.15, -0.1) is 0 Å². The first-order chi connectivity index (χ1) is 12.0. The molecule has 140 valence electrons. The summed E-state index contributed by atoms with van der Waals surface area (Å²) in [5.41, 5.74) is 1.26. The van der Waals surface area contributed by atoms with Gasteiger partial charge in [0.15, 0.2) is 5.91 Å². The van der Waals surface area contributed by atoms with Crippen molar-refractivity contribution in [1.29, 1.82) is 0 Å². The van der Waals surface area contributed by atoms with E-state index in [-0.39, 0.29) is 49.2 Å². The van der Waals surface area contributed by atoms with Gasteiger partial charge in [0.2, 0.25) is 0 Å². The molecule has 4 unspecified atom stereocenters. The number of rotatable bonds is 9. The number of aliphatic hydroxyl groups excluding tert-OH is 1. The summed E-state index contributed by atoms with van der Waals surface area (Å²) >= 11 is 0. The minimum atomic E-state index is -0.774. The molecule has 0 saturated carbocycles. The number of aryl methyl sites for hydroxylation is 1. The molecule has 1 aliphatic rings. The fraction of sp³-hybridized carbons (Fsp3) is 0.550. The van der Waals surface area contributed by atoms with Gasteiger partial charge < -0.3 is 29.6 Å². The van der Waals surface area contributed by atoms with E-state index in [4.69, 9.17) is 0 Å². The first-order valence-corrected chi connectivity index (χ1v) is 9.09. The van der Waals surface area contributed by atoms with Crippen molar-refractivity contribution >= 4 is 5.91 Å². The van der Waals surface area contributed by atoms with Crippen LogP contribution in [0, 0.1) is 31.6 Å². The van der Waals surface area contributed by atoms with E-state index in [1.165, 1.54) is 5.56 Å². The second-order valence-corrected chi connectivity index (χ2v) is 6.92. The smallest absolute Gasteiger partial charge is 0.376 e. The number of hydrogen-bond donors (Lipinski definition) is 4. The number of likely N-dealkylation sites (N-methyl/N-ethyl adjacent to an activating group) is 1. The van der Waals surface area contributed by atoms with E-state index in [2.05, 4.69) is 41.9 Å². The average Bonchev–Trinajstić information content (AvgIpc) is 3.06. The van der Waals surface area contributed by atoms with Crippen molar-refractivity contribution in [3.63, 3.8) is 0 Å². The van der Waals surface area contributed by atoms with Gasteiger partial charge in [-0.2, -0.15) is 5.92 Å². The van der Waals surface area contributed by atoms with Crippen molar-refractivity contribution in [3.8, 4) is 0 Å². The molecular weight excluding hydrogens is 380 g/mol. The Morgan fingerprint density at radius 3 is 2.62 bits per heavy atom. The molecule has 1 saturated heterocycles. The first kappa shape index (κ1) is 23.2. The molecule has 1 fully saturated rings. The molecule has 1 amide bonds. The zero-order chi connectivity index (χ0) is 18.2. The summed E-state index contributed by atoms with van der Waals surface area (Å²) in [6.07, 6.45) is 1.74. The second-order valence-electron chi connectivity index (χ2n) is 6.92. The first-order valence-electron chi connectivity index (χ1n) is 9.09. The Bertz CT molecular complexity index is 529. The van der Waals surface area contributed by atoms with Gasteiger partial charge in [0.25, 0.3) is 0 Å². The van der Waals surface area contributed by atoms with Crippen molar-refractivity contribution < 1.29 is 29.4 Å². The third-order valence-electron chi connectivity index (χ3n) is 5.07. The van der Waals surface area contributed by atoms with Gasteiger partial charge in [0.1, 0.15) is 6.23 Å². The van der Waals surface area contributed by atoms with Crippen molar-refractivity contribution in [1.82, 2.24) is 16.0 Å². The number of amides is 1. The summed E-state index contributed by atoms with van der Waals surface area (Å²) in [6, 6.07) is 9.90. The van der Waals surface area contributed by atoms with Crippen LogP contribution in [0.25, 0.3) is 0 Å². The Labute approximate surface area is 170 Å². The summed E-state index contributed by atoms with van der Waals surface area (Å²) in [5, 5.41) is 19.3. The molecule has 0 aliphatic carbocycles. The molecule has 0 radical (unpaired) electrons. The molecular formula is C20H31N3O2Zn. The molecule has 0 bridgehead atoms. The molecule has 1 aromatic rings. The predicted octanol–water partition coefficient (Wildman–Crippen LogP) is 1.15. The maximum atomic E-state index is 12.6. The standard InChI is InChI=1S/C20H31N3O2.Zn/c1-14-12-22-13-17(14)15(2)19(24)23-18(20(25)21-3)11-7-10-16-8-5-4-6-9-16;/h4-6,8-9,14-15,17-18,20-22,25H,1-2,7,10-13H2,3H3,(H,23,24);/q-2;+2/t14?,15?,17?,18-,20?;/m0./s1. The summed E-state index contributed by atoms with van der Waals surface area (Å²) in [6.45, 7) is 9.72. The molecule has 5 atom stereocenters. The van der Waals surface area contributed by atoms with Gasteiger partial charge in [0.05, 0.1) is 6.04 Å². The molecule has 1 aromatic carbocycles. The van der Waals surface area contributed by atoms with Gasteiger partial charge in [-0.05, 0) is 45.0 Å². The largest absolute Gasteiger partial charge is 2.00 e. The third kappa shape index (κ3) is 6.73. The van der Waals surface area contributed by atoms with Crippen LogP contribution < -0.4 is 16.0 Å². The monoisotopic (exact) mass is 409 g/mol. The Hall–Kier alpha value is -0.807. The molecule has 1 aliphatic heterocycles. The van der Waals surface area contributed by atoms with E-state index in [9.17, 15) is 9.90 Å². The molecule has 2 rings (SSSR count). The molecule has 1 heterocycles. The molecule has 0 aromatic heterocycles. The van der Waals surface area contributed by atoms with E-state index in [1.807, 2.05) is 18.2 Å². The van der Waals surface area contributed by atoms with Crippen LogP contribution in [0.4, 0.5) is 0 Å². The van der Waals surface area contributed by atoms with Gasteiger partial charge in [0, 0.05) is 0 Å². The number of aliphatic hydroxyl groups is 1. The second kappa shape index (κ2) is 11.8. The summed E-state index contributed by atoms with van der Waals surface area (Å²) in [4.78, 5) is 12.6. The normalized spacial score (nSPS) is 22.9. The summed E-state index contributed by atoms with van der Waals surface area (Å²) in [7, 11) is 1.69. The summed E-state index contributed by atoms with van der Waals surface area (Å²) < 4.78 is 0. The minimum Gasteiger partial charge on any atom is -0.376 e. The fourth-order valence-corrected chi connectivity index (χ4v) is 3.39. The SMILES string of the molecule is [CH2-]C1CNCC1C([CH2-])C(=O)N[C@@H](CCCc1ccccc1)C(O)NC.[Zn+2]. The number of carbonyl (C=O) groups excluding carboxylic acids is 1. The van der Waals surface area contributed by atoms with Crippen LogP contribution in [0.5, 0.6) is 0 Å². The number of carbonyl (C=O) groups is 1. The van der Waals surface area contributed by atoms with E-state index < -0.39 is 6.23 Å². The minimum absolute atomic E-state index is 0. The molecule has 26 heavy (non-hydrogen) atoms. The third-order valence-corrected chi connectivity index (χ3v) is 5.07. The summed E-state index contributed by atoms with van der Waals surface area (Å²) in [5.74, 6) is -0.143. The van der Waals surface area contributed by atoms with Gasteiger partial charge in [-0.3, -0.25) is 10.1 Å². The molecule has 0 spiro atoms. The van der Waals surface area contributed by atoms with Crippen LogP contribution in [0.1, 0.15) is 18.4 Å². The Morgan fingerprint density at radius 1 is 1.35 bits per heavy atom. The average molecular weight is 411 g/mol. The molecule has 5 nitrogen and oxygen atoms in total. The van der Waals surface area contributed by atoms with E-state index >= 15 is 0 Å². The number of hydrogen-bond acceptors (Lipinski definition) is 4. The van der Waals surface area contributed by atoms with Crippen molar-refractivity contribution in [2.24, 2.45) is 17.8 Å². The maximum Gasteiger partial charge on any atom is 2.00 e. The predicted molar refractivity (Wildman–Crippen MR) is 100 cm³/mol. The van der Waals surface area contributed by atoms with Crippen LogP contribution >= 0.6 is 0 Å². The molecule has 6 heteroatoms. The zero-order valence-corrected chi connectivity index (χ0v) is 18.8. The zero-order valence-electron chi connectivity index (χ0n) is 15.8. The van der Waals surface area contributed by atoms with Crippen LogP contribution in [-0.4, -0.2) is 43.4 Å². The van der Waals surface area contributed by atoms with Crippen LogP contribution in [-0.2, 0) is 30.7 Å². The van der Waals surface area contributed by atoms with Gasteiger partial charge >= 0.3 is 19.5 Å². The van der Waals surface area contributed by atoms with Gasteiger partial charge in [-0.1, -0.05) is 42.2 Å². The number of benzene rings is 1. The van der Waals surface area contributed by atoms with Gasteiger partial charge in [-0.25, -0.2) is 0 Å². The Balaban J connectivity index is 0.00000338. The van der Waals surface area contributed by atoms with Crippen LogP contribution in [0.15, 0.2) is 30.3 Å². The van der Waals surface area contributed by atoms with E-state index in [0.29, 0.717) is 6.42 Å². The van der Waals surface area contributed by atoms with E-state index in [1.54, 1.807) is 7.05 Å². The van der Waals surface area contributed by atoms with E-state index in [0.717, 1.165) is 25.9 Å². The van der Waals surface area contributed by atoms with Crippen LogP contribution in [0.2, 0.25) is 0 Å². The number of nitrogens with one attached hydrogen (secondary N) is 3.